The molecule has 1 amide bonds. The highest BCUT2D eigenvalue weighted by Crippen LogP contribution is 2.20. The molecule has 0 aliphatic heterocycles. The van der Waals surface area contributed by atoms with Gasteiger partial charge in [0.05, 0.1) is 12.8 Å². The number of carbonyl (C=O) groups excluding carboxylic acids is 1. The molecule has 1 unspecified atom stereocenters. The van der Waals surface area contributed by atoms with E-state index in [1.165, 1.54) is 6.26 Å². The number of rotatable bonds is 6. The number of hydrogen-bond donors (Lipinski definition) is 2. The average molecular weight is 305 g/mol. The molecule has 0 radical (unpaired) electrons. The van der Waals surface area contributed by atoms with Gasteiger partial charge in [0.2, 0.25) is 0 Å². The van der Waals surface area contributed by atoms with Crippen LogP contribution in [-0.4, -0.2) is 23.3 Å². The number of furan rings is 1. The van der Waals surface area contributed by atoms with E-state index in [0.29, 0.717) is 11.3 Å². The van der Waals surface area contributed by atoms with Crippen LogP contribution in [0.25, 0.3) is 0 Å². The molecule has 1 aromatic heterocycles. The first-order chi connectivity index (χ1) is 10.0. The fourth-order valence-corrected chi connectivity index (χ4v) is 2.56. The predicted molar refractivity (Wildman–Crippen MR) is 83.5 cm³/mol. The lowest BCUT2D eigenvalue weighted by molar-refractivity contribution is 0.0330. The first kappa shape index (κ1) is 15.7. The van der Waals surface area contributed by atoms with Crippen molar-refractivity contribution in [1.82, 2.24) is 5.32 Å². The van der Waals surface area contributed by atoms with E-state index in [4.69, 9.17) is 4.42 Å². The van der Waals surface area contributed by atoms with Gasteiger partial charge < -0.3 is 14.8 Å². The normalized spacial score (nSPS) is 13.7. The zero-order valence-electron chi connectivity index (χ0n) is 12.1. The second kappa shape index (κ2) is 6.83. The molecular formula is C16H19NO3S. The van der Waals surface area contributed by atoms with Gasteiger partial charge in [-0.3, -0.25) is 4.79 Å². The second-order valence-corrected chi connectivity index (χ2v) is 6.23. The first-order valence-corrected chi connectivity index (χ1v) is 7.79. The van der Waals surface area contributed by atoms with Crippen molar-refractivity contribution in [3.8, 4) is 0 Å². The van der Waals surface area contributed by atoms with E-state index in [9.17, 15) is 9.90 Å². The van der Waals surface area contributed by atoms with Gasteiger partial charge in [-0.05, 0) is 49.1 Å². The molecule has 0 spiro atoms. The third-order valence-corrected chi connectivity index (χ3v) is 3.97. The monoisotopic (exact) mass is 305 g/mol. The van der Waals surface area contributed by atoms with Gasteiger partial charge in [-0.1, -0.05) is 6.92 Å². The third kappa shape index (κ3) is 4.12. The van der Waals surface area contributed by atoms with E-state index in [2.05, 4.69) is 12.2 Å². The number of hydrogen-bond acceptors (Lipinski definition) is 4. The Balaban J connectivity index is 1.95. The van der Waals surface area contributed by atoms with Crippen LogP contribution >= 0.6 is 11.8 Å². The summed E-state index contributed by atoms with van der Waals surface area (Å²) in [7, 11) is 0. The van der Waals surface area contributed by atoms with Gasteiger partial charge in [0.25, 0.3) is 5.91 Å². The standard InChI is InChI=1S/C16H19NO3S/c1-3-21-13-8-6-12(7-9-13)15(18)17-11-16(2,19)14-5-4-10-20-14/h4-10,19H,3,11H2,1-2H3,(H,17,18). The van der Waals surface area contributed by atoms with Gasteiger partial charge in [0, 0.05) is 10.5 Å². The Labute approximate surface area is 128 Å². The van der Waals surface area contributed by atoms with Gasteiger partial charge >= 0.3 is 0 Å². The van der Waals surface area contributed by atoms with E-state index < -0.39 is 5.60 Å². The van der Waals surface area contributed by atoms with E-state index in [1.54, 1.807) is 43.0 Å². The van der Waals surface area contributed by atoms with Crippen molar-refractivity contribution in [3.63, 3.8) is 0 Å². The summed E-state index contributed by atoms with van der Waals surface area (Å²) >= 11 is 1.73. The highest BCUT2D eigenvalue weighted by Gasteiger charge is 2.26. The van der Waals surface area contributed by atoms with E-state index >= 15 is 0 Å². The number of carbonyl (C=O) groups is 1. The van der Waals surface area contributed by atoms with Crippen LogP contribution in [0.15, 0.2) is 52.0 Å². The summed E-state index contributed by atoms with van der Waals surface area (Å²) < 4.78 is 5.17. The highest BCUT2D eigenvalue weighted by atomic mass is 32.2. The van der Waals surface area contributed by atoms with Crippen molar-refractivity contribution in [2.24, 2.45) is 0 Å². The molecule has 0 aliphatic rings. The number of nitrogens with one attached hydrogen (secondary N) is 1. The smallest absolute Gasteiger partial charge is 0.251 e. The molecule has 21 heavy (non-hydrogen) atoms. The Kier molecular flexibility index (Phi) is 5.09. The Morgan fingerprint density at radius 1 is 1.33 bits per heavy atom. The summed E-state index contributed by atoms with van der Waals surface area (Å²) in [6, 6.07) is 10.8. The lowest BCUT2D eigenvalue weighted by atomic mass is 10.0. The maximum Gasteiger partial charge on any atom is 0.251 e. The SMILES string of the molecule is CCSc1ccc(C(=O)NCC(C)(O)c2ccco2)cc1. The van der Waals surface area contributed by atoms with E-state index in [0.717, 1.165) is 10.6 Å². The van der Waals surface area contributed by atoms with Gasteiger partial charge in [-0.15, -0.1) is 11.8 Å². The summed E-state index contributed by atoms with van der Waals surface area (Å²) in [6.45, 7) is 3.78. The molecule has 2 N–H and O–H groups in total. The molecule has 112 valence electrons. The molecule has 0 saturated carbocycles. The third-order valence-electron chi connectivity index (χ3n) is 3.07. The van der Waals surface area contributed by atoms with Crippen molar-refractivity contribution in [1.29, 1.82) is 0 Å². The minimum atomic E-state index is -1.23. The average Bonchev–Trinajstić information content (AvgIpc) is 3.01. The molecule has 1 aromatic carbocycles. The molecule has 1 atom stereocenters. The van der Waals surface area contributed by atoms with Crippen LogP contribution in [0.4, 0.5) is 0 Å². The molecule has 0 fully saturated rings. The predicted octanol–water partition coefficient (Wildman–Crippen LogP) is 3.03. The number of amides is 1. The van der Waals surface area contributed by atoms with Crippen LogP contribution in [0.1, 0.15) is 30.0 Å². The van der Waals surface area contributed by atoms with Crippen molar-refractivity contribution in [2.45, 2.75) is 24.3 Å². The van der Waals surface area contributed by atoms with E-state index in [1.807, 2.05) is 12.1 Å². The lowest BCUT2D eigenvalue weighted by Crippen LogP contribution is -2.38. The molecule has 0 bridgehead atoms. The summed E-state index contributed by atoms with van der Waals surface area (Å²) in [4.78, 5) is 13.2. The van der Waals surface area contributed by atoms with Crippen molar-refractivity contribution >= 4 is 17.7 Å². The highest BCUT2D eigenvalue weighted by molar-refractivity contribution is 7.99. The summed E-state index contributed by atoms with van der Waals surface area (Å²) in [5.41, 5.74) is -0.650. The summed E-state index contributed by atoms with van der Waals surface area (Å²) in [5.74, 6) is 1.21. The van der Waals surface area contributed by atoms with Crippen LogP contribution < -0.4 is 5.32 Å². The second-order valence-electron chi connectivity index (χ2n) is 4.89. The lowest BCUT2D eigenvalue weighted by Gasteiger charge is -2.21. The molecule has 0 aliphatic carbocycles. The first-order valence-electron chi connectivity index (χ1n) is 6.80. The Morgan fingerprint density at radius 3 is 2.62 bits per heavy atom. The molecule has 4 nitrogen and oxygen atoms in total. The van der Waals surface area contributed by atoms with Crippen molar-refractivity contribution in [2.75, 3.05) is 12.3 Å². The number of aliphatic hydroxyl groups is 1. The molecule has 2 rings (SSSR count). The quantitative estimate of drug-likeness (QED) is 0.805. The fraction of sp³-hybridized carbons (Fsp3) is 0.312. The molecule has 0 saturated heterocycles. The van der Waals surface area contributed by atoms with E-state index in [-0.39, 0.29) is 12.5 Å². The zero-order valence-corrected chi connectivity index (χ0v) is 12.9. The Morgan fingerprint density at radius 2 is 2.05 bits per heavy atom. The van der Waals surface area contributed by atoms with Gasteiger partial charge in [0.15, 0.2) is 0 Å². The fourth-order valence-electron chi connectivity index (χ4n) is 1.90. The maximum atomic E-state index is 12.1. The Hall–Kier alpha value is -1.72. The summed E-state index contributed by atoms with van der Waals surface area (Å²) in [6.07, 6.45) is 1.50. The van der Waals surface area contributed by atoms with Gasteiger partial charge in [0.1, 0.15) is 11.4 Å². The van der Waals surface area contributed by atoms with Crippen molar-refractivity contribution in [3.05, 3.63) is 54.0 Å². The summed E-state index contributed by atoms with van der Waals surface area (Å²) in [5, 5.41) is 13.0. The van der Waals surface area contributed by atoms with Crippen LogP contribution in [-0.2, 0) is 5.60 Å². The van der Waals surface area contributed by atoms with Gasteiger partial charge in [-0.2, -0.15) is 0 Å². The zero-order chi connectivity index (χ0) is 15.3. The topological polar surface area (TPSA) is 62.5 Å². The molecule has 5 heteroatoms. The number of benzene rings is 1. The van der Waals surface area contributed by atoms with Crippen LogP contribution in [0, 0.1) is 0 Å². The Bertz CT molecular complexity index is 576. The van der Waals surface area contributed by atoms with Crippen molar-refractivity contribution < 1.29 is 14.3 Å². The minimum Gasteiger partial charge on any atom is -0.466 e. The maximum absolute atomic E-state index is 12.1. The van der Waals surface area contributed by atoms with Crippen LogP contribution in [0.2, 0.25) is 0 Å². The number of thioether (sulfide) groups is 1. The van der Waals surface area contributed by atoms with Crippen LogP contribution in [0.5, 0.6) is 0 Å². The molecule has 2 aromatic rings. The largest absolute Gasteiger partial charge is 0.466 e. The molecular weight excluding hydrogens is 286 g/mol. The van der Waals surface area contributed by atoms with Gasteiger partial charge in [-0.25, -0.2) is 0 Å². The minimum absolute atomic E-state index is 0.0881. The van der Waals surface area contributed by atoms with Crippen LogP contribution in [0.3, 0.4) is 0 Å². The molecule has 1 heterocycles.